The summed E-state index contributed by atoms with van der Waals surface area (Å²) in [6.07, 6.45) is 3.32. The van der Waals surface area contributed by atoms with Crippen molar-refractivity contribution in [2.75, 3.05) is 42.9 Å². The number of anilines is 2. The van der Waals surface area contributed by atoms with Gasteiger partial charge in [0, 0.05) is 44.0 Å². The van der Waals surface area contributed by atoms with Crippen molar-refractivity contribution in [2.24, 2.45) is 0 Å². The SMILES string of the molecule is N#Cc1ccnc(N2CCN(CC(=O)Nc3nccs3)CC2)c1. The number of nitriles is 1. The van der Waals surface area contributed by atoms with Crippen LogP contribution in [0.25, 0.3) is 0 Å². The van der Waals surface area contributed by atoms with Crippen LogP contribution in [0.1, 0.15) is 5.56 Å². The first kappa shape index (κ1) is 15.4. The van der Waals surface area contributed by atoms with Crippen LogP contribution in [-0.2, 0) is 4.79 Å². The van der Waals surface area contributed by atoms with Crippen LogP contribution >= 0.6 is 11.3 Å². The molecule has 1 amide bonds. The maximum absolute atomic E-state index is 12.0. The Kier molecular flexibility index (Phi) is 4.80. The highest BCUT2D eigenvalue weighted by molar-refractivity contribution is 7.13. The van der Waals surface area contributed by atoms with Crippen LogP contribution in [0.5, 0.6) is 0 Å². The van der Waals surface area contributed by atoms with Crippen molar-refractivity contribution in [1.29, 1.82) is 5.26 Å². The molecule has 0 radical (unpaired) electrons. The van der Waals surface area contributed by atoms with Crippen molar-refractivity contribution in [2.45, 2.75) is 0 Å². The van der Waals surface area contributed by atoms with Crippen LogP contribution in [-0.4, -0.2) is 53.5 Å². The van der Waals surface area contributed by atoms with Gasteiger partial charge in [0.15, 0.2) is 5.13 Å². The standard InChI is InChI=1S/C15H16N6OS/c16-10-12-1-2-17-13(9-12)21-6-4-20(5-7-21)11-14(22)19-15-18-3-8-23-15/h1-3,8-9H,4-7,11H2,(H,18,19,22). The van der Waals surface area contributed by atoms with Crippen LogP contribution in [0.4, 0.5) is 10.9 Å². The second-order valence-corrected chi connectivity index (χ2v) is 6.06. The average Bonchev–Trinajstić information content (AvgIpc) is 3.08. The van der Waals surface area contributed by atoms with Gasteiger partial charge >= 0.3 is 0 Å². The maximum atomic E-state index is 12.0. The second kappa shape index (κ2) is 7.17. The van der Waals surface area contributed by atoms with E-state index in [0.29, 0.717) is 17.2 Å². The summed E-state index contributed by atoms with van der Waals surface area (Å²) in [5, 5.41) is 14.2. The highest BCUT2D eigenvalue weighted by atomic mass is 32.1. The van der Waals surface area contributed by atoms with E-state index in [1.54, 1.807) is 24.5 Å². The molecule has 0 aliphatic carbocycles. The van der Waals surface area contributed by atoms with Crippen molar-refractivity contribution < 1.29 is 4.79 Å². The van der Waals surface area contributed by atoms with Crippen LogP contribution in [0.15, 0.2) is 29.9 Å². The quantitative estimate of drug-likeness (QED) is 0.907. The topological polar surface area (TPSA) is 85.2 Å². The summed E-state index contributed by atoms with van der Waals surface area (Å²) >= 11 is 1.41. The molecule has 0 saturated carbocycles. The van der Waals surface area contributed by atoms with Crippen LogP contribution in [0.3, 0.4) is 0 Å². The molecule has 1 fully saturated rings. The third kappa shape index (κ3) is 4.03. The Hall–Kier alpha value is -2.50. The van der Waals surface area contributed by atoms with E-state index in [4.69, 9.17) is 5.26 Å². The van der Waals surface area contributed by atoms with E-state index in [0.717, 1.165) is 32.0 Å². The Morgan fingerprint density at radius 3 is 2.83 bits per heavy atom. The minimum atomic E-state index is -0.0435. The Morgan fingerprint density at radius 1 is 1.30 bits per heavy atom. The lowest BCUT2D eigenvalue weighted by Gasteiger charge is -2.34. The molecule has 1 N–H and O–H groups in total. The summed E-state index contributed by atoms with van der Waals surface area (Å²) in [4.78, 5) is 24.6. The number of hydrogen-bond acceptors (Lipinski definition) is 7. The minimum Gasteiger partial charge on any atom is -0.354 e. The molecule has 8 heteroatoms. The molecule has 23 heavy (non-hydrogen) atoms. The van der Waals surface area contributed by atoms with Gasteiger partial charge < -0.3 is 10.2 Å². The molecule has 1 saturated heterocycles. The number of piperazine rings is 1. The molecular weight excluding hydrogens is 312 g/mol. The third-order valence-electron chi connectivity index (χ3n) is 3.62. The number of nitrogens with zero attached hydrogens (tertiary/aromatic N) is 5. The van der Waals surface area contributed by atoms with E-state index in [9.17, 15) is 4.79 Å². The summed E-state index contributed by atoms with van der Waals surface area (Å²) in [7, 11) is 0. The van der Waals surface area contributed by atoms with Gasteiger partial charge in [0.1, 0.15) is 5.82 Å². The largest absolute Gasteiger partial charge is 0.354 e. The number of thiazole rings is 1. The van der Waals surface area contributed by atoms with E-state index < -0.39 is 0 Å². The molecule has 0 aromatic carbocycles. The van der Waals surface area contributed by atoms with Crippen molar-refractivity contribution in [3.05, 3.63) is 35.5 Å². The third-order valence-corrected chi connectivity index (χ3v) is 4.31. The number of carbonyl (C=O) groups is 1. The van der Waals surface area contributed by atoms with Gasteiger partial charge in [-0.1, -0.05) is 0 Å². The Bertz CT molecular complexity index is 703. The van der Waals surface area contributed by atoms with Crippen LogP contribution < -0.4 is 10.2 Å². The molecule has 2 aromatic rings. The van der Waals surface area contributed by atoms with E-state index in [1.807, 2.05) is 5.38 Å². The highest BCUT2D eigenvalue weighted by Gasteiger charge is 2.20. The van der Waals surface area contributed by atoms with E-state index >= 15 is 0 Å². The van der Waals surface area contributed by atoms with Crippen molar-refractivity contribution in [1.82, 2.24) is 14.9 Å². The van der Waals surface area contributed by atoms with Crippen molar-refractivity contribution in [3.8, 4) is 6.07 Å². The zero-order valence-electron chi connectivity index (χ0n) is 12.5. The molecule has 1 aliphatic heterocycles. The van der Waals surface area contributed by atoms with Gasteiger partial charge in [-0.15, -0.1) is 11.3 Å². The first-order valence-corrected chi connectivity index (χ1v) is 8.15. The molecule has 2 aromatic heterocycles. The fourth-order valence-electron chi connectivity index (χ4n) is 2.44. The summed E-state index contributed by atoms with van der Waals surface area (Å²) in [6.45, 7) is 3.49. The van der Waals surface area contributed by atoms with Gasteiger partial charge in [0.05, 0.1) is 18.2 Å². The van der Waals surface area contributed by atoms with Gasteiger partial charge in [-0.2, -0.15) is 5.26 Å². The maximum Gasteiger partial charge on any atom is 0.240 e. The van der Waals surface area contributed by atoms with Crippen molar-refractivity contribution in [3.63, 3.8) is 0 Å². The number of nitrogens with one attached hydrogen (secondary N) is 1. The molecule has 1 aliphatic rings. The van der Waals surface area contributed by atoms with Gasteiger partial charge in [-0.05, 0) is 12.1 Å². The summed E-state index contributed by atoms with van der Waals surface area (Å²) in [5.74, 6) is 0.772. The molecule has 3 heterocycles. The van der Waals surface area contributed by atoms with Crippen molar-refractivity contribution >= 4 is 28.2 Å². The number of amides is 1. The lowest BCUT2D eigenvalue weighted by atomic mass is 10.2. The predicted octanol–water partition coefficient (Wildman–Crippen LogP) is 1.17. The average molecular weight is 328 g/mol. The summed E-state index contributed by atoms with van der Waals surface area (Å²) in [5.41, 5.74) is 0.611. The van der Waals surface area contributed by atoms with E-state index in [-0.39, 0.29) is 5.91 Å². The number of rotatable bonds is 4. The second-order valence-electron chi connectivity index (χ2n) is 5.16. The normalized spacial score (nSPS) is 15.2. The minimum absolute atomic E-state index is 0.0435. The van der Waals surface area contributed by atoms with Crippen LogP contribution in [0.2, 0.25) is 0 Å². The van der Waals surface area contributed by atoms with E-state index in [1.165, 1.54) is 11.3 Å². The monoisotopic (exact) mass is 328 g/mol. The molecule has 0 unspecified atom stereocenters. The Balaban J connectivity index is 1.50. The lowest BCUT2D eigenvalue weighted by molar-refractivity contribution is -0.117. The van der Waals surface area contributed by atoms with Gasteiger partial charge in [0.25, 0.3) is 0 Å². The lowest BCUT2D eigenvalue weighted by Crippen LogP contribution is -2.48. The fourth-order valence-corrected chi connectivity index (χ4v) is 2.99. The molecule has 0 spiro atoms. The molecular formula is C15H16N6OS. The predicted molar refractivity (Wildman–Crippen MR) is 88.3 cm³/mol. The molecule has 3 rings (SSSR count). The number of hydrogen-bond donors (Lipinski definition) is 1. The van der Waals surface area contributed by atoms with E-state index in [2.05, 4.69) is 31.2 Å². The van der Waals surface area contributed by atoms with Gasteiger partial charge in [-0.25, -0.2) is 9.97 Å². The summed E-state index contributed by atoms with van der Waals surface area (Å²) < 4.78 is 0. The van der Waals surface area contributed by atoms with Gasteiger partial charge in [0.2, 0.25) is 5.91 Å². The Labute approximate surface area is 138 Å². The molecule has 0 bridgehead atoms. The number of pyridine rings is 1. The fraction of sp³-hybridized carbons (Fsp3) is 0.333. The smallest absolute Gasteiger partial charge is 0.240 e. The summed E-state index contributed by atoms with van der Waals surface area (Å²) in [6, 6.07) is 5.62. The zero-order valence-corrected chi connectivity index (χ0v) is 13.3. The molecule has 0 atom stereocenters. The first-order valence-electron chi connectivity index (χ1n) is 7.27. The first-order chi connectivity index (χ1) is 11.2. The van der Waals surface area contributed by atoms with Crippen LogP contribution in [0, 0.1) is 11.3 Å². The molecule has 7 nitrogen and oxygen atoms in total. The van der Waals surface area contributed by atoms with Gasteiger partial charge in [-0.3, -0.25) is 9.69 Å². The number of aromatic nitrogens is 2. The Morgan fingerprint density at radius 2 is 2.13 bits per heavy atom. The molecule has 118 valence electrons. The number of carbonyl (C=O) groups excluding carboxylic acids is 1. The zero-order chi connectivity index (χ0) is 16.1. The highest BCUT2D eigenvalue weighted by Crippen LogP contribution is 2.15.